The highest BCUT2D eigenvalue weighted by Crippen LogP contribution is 1.99. The van der Waals surface area contributed by atoms with E-state index in [9.17, 15) is 8.42 Å². The summed E-state index contributed by atoms with van der Waals surface area (Å²) in [6.45, 7) is 2.13. The maximum absolute atomic E-state index is 11.4. The molecule has 1 rings (SSSR count). The Bertz CT molecular complexity index is 397. The Hall–Kier alpha value is -0.880. The number of rotatable bonds is 6. The molecule has 6 heteroatoms. The Labute approximate surface area is 89.7 Å². The number of hydrogen-bond donors (Lipinski definition) is 1. The normalized spacial score (nSPS) is 11.9. The predicted octanol–water partition coefficient (Wildman–Crippen LogP) is 0.200. The van der Waals surface area contributed by atoms with Crippen LogP contribution in [-0.2, 0) is 23.0 Å². The second-order valence-electron chi connectivity index (χ2n) is 3.41. The van der Waals surface area contributed by atoms with E-state index >= 15 is 0 Å². The van der Waals surface area contributed by atoms with Gasteiger partial charge in [0.05, 0.1) is 24.4 Å². The third kappa shape index (κ3) is 4.01. The Morgan fingerprint density at radius 2 is 2.20 bits per heavy atom. The second-order valence-corrected chi connectivity index (χ2v) is 5.72. The summed E-state index contributed by atoms with van der Waals surface area (Å²) in [6.07, 6.45) is 3.84. The molecule has 0 spiro atoms. The molecule has 0 unspecified atom stereocenters. The summed E-state index contributed by atoms with van der Waals surface area (Å²) in [7, 11) is -2.94. The van der Waals surface area contributed by atoms with Crippen molar-refractivity contribution in [3.05, 3.63) is 18.2 Å². The van der Waals surface area contributed by atoms with E-state index in [0.717, 1.165) is 0 Å². The number of imidazole rings is 1. The summed E-state index contributed by atoms with van der Waals surface area (Å²) in [5, 5.41) is 8.77. The fourth-order valence-electron chi connectivity index (χ4n) is 1.27. The van der Waals surface area contributed by atoms with Crippen LogP contribution in [0.1, 0.15) is 19.0 Å². The molecule has 1 heterocycles. The van der Waals surface area contributed by atoms with E-state index in [0.29, 0.717) is 18.7 Å². The molecule has 0 aromatic carbocycles. The summed E-state index contributed by atoms with van der Waals surface area (Å²) in [5.41, 5.74) is 0.558. The van der Waals surface area contributed by atoms with Gasteiger partial charge in [0.2, 0.25) is 0 Å². The Morgan fingerprint density at radius 3 is 2.73 bits per heavy atom. The lowest BCUT2D eigenvalue weighted by atomic mass is 10.5. The van der Waals surface area contributed by atoms with Crippen LogP contribution in [0.15, 0.2) is 12.5 Å². The molecule has 1 aromatic rings. The van der Waals surface area contributed by atoms with E-state index in [-0.39, 0.29) is 18.1 Å². The van der Waals surface area contributed by atoms with Gasteiger partial charge in [0.15, 0.2) is 9.84 Å². The summed E-state index contributed by atoms with van der Waals surface area (Å²) in [6, 6.07) is 0. The summed E-state index contributed by atoms with van der Waals surface area (Å²) in [4.78, 5) is 3.90. The Morgan fingerprint density at radius 1 is 1.47 bits per heavy atom. The van der Waals surface area contributed by atoms with Gasteiger partial charge in [0.1, 0.15) is 0 Å². The SMILES string of the molecule is CCCS(=O)(=O)CCn1cnc(CO)c1. The maximum Gasteiger partial charge on any atom is 0.152 e. The first kappa shape index (κ1) is 12.2. The molecule has 0 amide bonds. The maximum atomic E-state index is 11.4. The number of sulfone groups is 1. The number of aliphatic hydroxyl groups is 1. The average Bonchev–Trinajstić information content (AvgIpc) is 2.62. The highest BCUT2D eigenvalue weighted by molar-refractivity contribution is 7.91. The molecular weight excluding hydrogens is 216 g/mol. The number of aryl methyl sites for hydroxylation is 1. The highest BCUT2D eigenvalue weighted by Gasteiger charge is 2.09. The molecule has 0 aliphatic carbocycles. The topological polar surface area (TPSA) is 72.2 Å². The lowest BCUT2D eigenvalue weighted by Crippen LogP contribution is -2.15. The molecule has 5 nitrogen and oxygen atoms in total. The van der Waals surface area contributed by atoms with Crippen LogP contribution in [-0.4, -0.2) is 34.6 Å². The van der Waals surface area contributed by atoms with E-state index in [2.05, 4.69) is 4.98 Å². The summed E-state index contributed by atoms with van der Waals surface area (Å²) in [5.74, 6) is 0.358. The van der Waals surface area contributed by atoms with Crippen molar-refractivity contribution in [2.24, 2.45) is 0 Å². The van der Waals surface area contributed by atoms with Crippen LogP contribution in [0.3, 0.4) is 0 Å². The molecule has 0 bridgehead atoms. The van der Waals surface area contributed by atoms with E-state index in [1.165, 1.54) is 6.33 Å². The van der Waals surface area contributed by atoms with E-state index in [1.54, 1.807) is 10.8 Å². The number of aliphatic hydroxyl groups excluding tert-OH is 1. The Balaban J connectivity index is 2.50. The highest BCUT2D eigenvalue weighted by atomic mass is 32.2. The van der Waals surface area contributed by atoms with Crippen molar-refractivity contribution in [2.45, 2.75) is 26.5 Å². The van der Waals surface area contributed by atoms with Crippen LogP contribution in [0.5, 0.6) is 0 Å². The molecular formula is C9H16N2O3S. The molecule has 1 N–H and O–H groups in total. The van der Waals surface area contributed by atoms with Crippen molar-refractivity contribution >= 4 is 9.84 Å². The van der Waals surface area contributed by atoms with Gasteiger partial charge in [0.25, 0.3) is 0 Å². The standard InChI is InChI=1S/C9H16N2O3S/c1-2-4-15(13,14)5-3-11-6-9(7-12)10-8-11/h6,8,12H,2-5,7H2,1H3. The van der Waals surface area contributed by atoms with Crippen LogP contribution in [0.25, 0.3) is 0 Å². The zero-order valence-electron chi connectivity index (χ0n) is 8.76. The minimum absolute atomic E-state index is 0.116. The van der Waals surface area contributed by atoms with Crippen molar-refractivity contribution in [3.8, 4) is 0 Å². The van der Waals surface area contributed by atoms with Crippen LogP contribution in [0.2, 0.25) is 0 Å². The van der Waals surface area contributed by atoms with Gasteiger partial charge >= 0.3 is 0 Å². The molecule has 0 radical (unpaired) electrons. The number of hydrogen-bond acceptors (Lipinski definition) is 4. The van der Waals surface area contributed by atoms with Gasteiger partial charge in [-0.15, -0.1) is 0 Å². The minimum Gasteiger partial charge on any atom is -0.390 e. The molecule has 15 heavy (non-hydrogen) atoms. The lowest BCUT2D eigenvalue weighted by Gasteiger charge is -2.02. The minimum atomic E-state index is -2.94. The molecule has 0 aliphatic heterocycles. The van der Waals surface area contributed by atoms with Crippen molar-refractivity contribution in [2.75, 3.05) is 11.5 Å². The summed E-state index contributed by atoms with van der Waals surface area (Å²) < 4.78 is 24.5. The third-order valence-corrected chi connectivity index (χ3v) is 3.86. The van der Waals surface area contributed by atoms with Gasteiger partial charge in [0, 0.05) is 18.5 Å². The largest absolute Gasteiger partial charge is 0.390 e. The van der Waals surface area contributed by atoms with Crippen LogP contribution in [0, 0.1) is 0 Å². The van der Waals surface area contributed by atoms with Crippen molar-refractivity contribution in [1.82, 2.24) is 9.55 Å². The molecule has 1 aromatic heterocycles. The van der Waals surface area contributed by atoms with Gasteiger partial charge in [-0.25, -0.2) is 13.4 Å². The first-order chi connectivity index (χ1) is 7.07. The zero-order chi connectivity index (χ0) is 11.3. The van der Waals surface area contributed by atoms with E-state index in [4.69, 9.17) is 5.11 Å². The fourth-order valence-corrected chi connectivity index (χ4v) is 2.58. The van der Waals surface area contributed by atoms with Gasteiger partial charge in [-0.3, -0.25) is 0 Å². The number of nitrogens with zero attached hydrogens (tertiary/aromatic N) is 2. The smallest absolute Gasteiger partial charge is 0.152 e. The third-order valence-electron chi connectivity index (χ3n) is 2.02. The molecule has 0 aliphatic rings. The number of aromatic nitrogens is 2. The van der Waals surface area contributed by atoms with Gasteiger partial charge in [-0.05, 0) is 6.42 Å². The van der Waals surface area contributed by atoms with Gasteiger partial charge in [-0.2, -0.15) is 0 Å². The first-order valence-corrected chi connectivity index (χ1v) is 6.71. The van der Waals surface area contributed by atoms with Crippen molar-refractivity contribution in [3.63, 3.8) is 0 Å². The fraction of sp³-hybridized carbons (Fsp3) is 0.667. The van der Waals surface area contributed by atoms with Crippen LogP contribution < -0.4 is 0 Å². The average molecular weight is 232 g/mol. The monoisotopic (exact) mass is 232 g/mol. The predicted molar refractivity (Wildman–Crippen MR) is 57.1 cm³/mol. The molecule has 0 saturated carbocycles. The molecule has 0 fully saturated rings. The van der Waals surface area contributed by atoms with Crippen LogP contribution >= 0.6 is 0 Å². The van der Waals surface area contributed by atoms with Gasteiger partial charge in [-0.1, -0.05) is 6.92 Å². The summed E-state index contributed by atoms with van der Waals surface area (Å²) >= 11 is 0. The van der Waals surface area contributed by atoms with E-state index in [1.807, 2.05) is 6.92 Å². The Kier molecular flexibility index (Phi) is 4.28. The van der Waals surface area contributed by atoms with Crippen molar-refractivity contribution < 1.29 is 13.5 Å². The van der Waals surface area contributed by atoms with Crippen molar-refractivity contribution in [1.29, 1.82) is 0 Å². The molecule has 0 saturated heterocycles. The van der Waals surface area contributed by atoms with E-state index < -0.39 is 9.84 Å². The molecule has 0 atom stereocenters. The lowest BCUT2D eigenvalue weighted by molar-refractivity contribution is 0.277. The van der Waals surface area contributed by atoms with Crippen LogP contribution in [0.4, 0.5) is 0 Å². The first-order valence-electron chi connectivity index (χ1n) is 4.89. The molecule has 86 valence electrons. The zero-order valence-corrected chi connectivity index (χ0v) is 9.57. The van der Waals surface area contributed by atoms with Gasteiger partial charge < -0.3 is 9.67 Å². The quantitative estimate of drug-likeness (QED) is 0.760. The second kappa shape index (κ2) is 5.27.